The zero-order chi connectivity index (χ0) is 13.3. The third kappa shape index (κ3) is 2.68. The zero-order valence-corrected chi connectivity index (χ0v) is 11.5. The molecule has 2 aromatic rings. The quantitative estimate of drug-likeness (QED) is 0.872. The summed E-state index contributed by atoms with van der Waals surface area (Å²) in [6.45, 7) is 3.49. The number of aryl methyl sites for hydroxylation is 1. The van der Waals surface area contributed by atoms with Crippen LogP contribution in [0.25, 0.3) is 0 Å². The van der Waals surface area contributed by atoms with E-state index in [1.165, 1.54) is 0 Å². The summed E-state index contributed by atoms with van der Waals surface area (Å²) in [5, 5.41) is 20.6. The summed E-state index contributed by atoms with van der Waals surface area (Å²) in [5.74, 6) is 0.911. The van der Waals surface area contributed by atoms with Gasteiger partial charge in [0.1, 0.15) is 10.6 Å². The molecule has 0 amide bonds. The predicted molar refractivity (Wildman–Crippen MR) is 70.0 cm³/mol. The fraction of sp³-hybridized carbons (Fsp3) is 0.583. The molecule has 1 fully saturated rings. The van der Waals surface area contributed by atoms with Gasteiger partial charge in [0, 0.05) is 11.1 Å². The standard InChI is InChI=1S/C12H16N4O2S/c1-8-7-19-10(14-8)6-9-15-11(18-16-9)12(17)2-4-13-5-3-12/h7,13,17H,2-6H2,1H3. The van der Waals surface area contributed by atoms with Crippen molar-refractivity contribution in [2.45, 2.75) is 31.8 Å². The number of thiazole rings is 1. The summed E-state index contributed by atoms with van der Waals surface area (Å²) in [7, 11) is 0. The smallest absolute Gasteiger partial charge is 0.258 e. The Bertz CT molecular complexity index is 560. The van der Waals surface area contributed by atoms with Crippen molar-refractivity contribution in [2.24, 2.45) is 0 Å². The van der Waals surface area contributed by atoms with E-state index < -0.39 is 5.60 Å². The Hall–Kier alpha value is -1.31. The topological polar surface area (TPSA) is 84.1 Å². The highest BCUT2D eigenvalue weighted by atomic mass is 32.1. The normalized spacial score (nSPS) is 18.6. The van der Waals surface area contributed by atoms with Gasteiger partial charge < -0.3 is 14.9 Å². The average Bonchev–Trinajstić information content (AvgIpc) is 3.01. The number of hydrogen-bond acceptors (Lipinski definition) is 7. The SMILES string of the molecule is Cc1csc(Cc2noc(C3(O)CCNCC3)n2)n1. The summed E-state index contributed by atoms with van der Waals surface area (Å²) in [6, 6.07) is 0. The molecule has 19 heavy (non-hydrogen) atoms. The first-order valence-corrected chi connectivity index (χ1v) is 7.21. The lowest BCUT2D eigenvalue weighted by Crippen LogP contribution is -2.39. The lowest BCUT2D eigenvalue weighted by atomic mass is 9.92. The zero-order valence-electron chi connectivity index (χ0n) is 10.7. The van der Waals surface area contributed by atoms with Crippen LogP contribution in [-0.2, 0) is 12.0 Å². The number of piperidine rings is 1. The maximum absolute atomic E-state index is 10.5. The van der Waals surface area contributed by atoms with Crippen LogP contribution in [0.15, 0.2) is 9.90 Å². The lowest BCUT2D eigenvalue weighted by Gasteiger charge is -2.28. The molecule has 2 N–H and O–H groups in total. The van der Waals surface area contributed by atoms with Crippen molar-refractivity contribution in [1.29, 1.82) is 0 Å². The monoisotopic (exact) mass is 280 g/mol. The highest BCUT2D eigenvalue weighted by molar-refractivity contribution is 7.09. The Morgan fingerprint density at radius 2 is 2.21 bits per heavy atom. The lowest BCUT2D eigenvalue weighted by molar-refractivity contribution is -0.0228. The van der Waals surface area contributed by atoms with Gasteiger partial charge in [-0.05, 0) is 32.9 Å². The molecule has 1 aliphatic rings. The highest BCUT2D eigenvalue weighted by Gasteiger charge is 2.36. The molecule has 1 saturated heterocycles. The van der Waals surface area contributed by atoms with Crippen molar-refractivity contribution in [3.05, 3.63) is 27.8 Å². The minimum absolute atomic E-state index is 0.331. The molecular weight excluding hydrogens is 264 g/mol. The van der Waals surface area contributed by atoms with Gasteiger partial charge in [-0.25, -0.2) is 4.98 Å². The van der Waals surface area contributed by atoms with Crippen molar-refractivity contribution in [1.82, 2.24) is 20.4 Å². The van der Waals surface area contributed by atoms with E-state index in [1.807, 2.05) is 12.3 Å². The first kappa shape index (κ1) is 12.7. The highest BCUT2D eigenvalue weighted by Crippen LogP contribution is 2.29. The van der Waals surface area contributed by atoms with E-state index >= 15 is 0 Å². The molecule has 102 valence electrons. The van der Waals surface area contributed by atoms with Gasteiger partial charge in [0.2, 0.25) is 0 Å². The third-order valence-electron chi connectivity index (χ3n) is 3.27. The van der Waals surface area contributed by atoms with Gasteiger partial charge in [-0.1, -0.05) is 5.16 Å². The third-order valence-corrected chi connectivity index (χ3v) is 4.24. The van der Waals surface area contributed by atoms with Gasteiger partial charge in [0.25, 0.3) is 5.89 Å². The summed E-state index contributed by atoms with van der Waals surface area (Å²) >= 11 is 1.58. The second kappa shape index (κ2) is 4.99. The largest absolute Gasteiger partial charge is 0.380 e. The molecule has 0 bridgehead atoms. The van der Waals surface area contributed by atoms with E-state index in [0.29, 0.717) is 31.0 Å². The van der Waals surface area contributed by atoms with Gasteiger partial charge in [-0.2, -0.15) is 4.98 Å². The van der Waals surface area contributed by atoms with Gasteiger partial charge in [-0.15, -0.1) is 11.3 Å². The second-order valence-corrected chi connectivity index (χ2v) is 5.80. The Morgan fingerprint density at radius 3 is 2.89 bits per heavy atom. The van der Waals surface area contributed by atoms with Crippen LogP contribution in [0.4, 0.5) is 0 Å². The molecule has 2 aromatic heterocycles. The number of hydrogen-bond donors (Lipinski definition) is 2. The Labute approximate surface area is 114 Å². The first-order valence-electron chi connectivity index (χ1n) is 6.33. The fourth-order valence-corrected chi connectivity index (χ4v) is 2.96. The molecule has 0 aliphatic carbocycles. The molecule has 0 radical (unpaired) electrons. The second-order valence-electron chi connectivity index (χ2n) is 4.86. The van der Waals surface area contributed by atoms with Crippen LogP contribution in [0.2, 0.25) is 0 Å². The van der Waals surface area contributed by atoms with Crippen LogP contribution in [0, 0.1) is 6.92 Å². The van der Waals surface area contributed by atoms with E-state index in [9.17, 15) is 5.11 Å². The number of aliphatic hydroxyl groups is 1. The van der Waals surface area contributed by atoms with E-state index in [1.54, 1.807) is 11.3 Å². The predicted octanol–water partition coefficient (Wildman–Crippen LogP) is 0.996. The van der Waals surface area contributed by atoms with Crippen LogP contribution < -0.4 is 5.32 Å². The number of nitrogens with zero attached hydrogens (tertiary/aromatic N) is 3. The Kier molecular flexibility index (Phi) is 3.34. The van der Waals surface area contributed by atoms with Crippen molar-refractivity contribution in [3.63, 3.8) is 0 Å². The average molecular weight is 280 g/mol. The molecule has 0 spiro atoms. The van der Waals surface area contributed by atoms with Crippen LogP contribution in [-0.4, -0.2) is 33.3 Å². The van der Waals surface area contributed by atoms with E-state index in [4.69, 9.17) is 4.52 Å². The molecule has 7 heteroatoms. The van der Waals surface area contributed by atoms with Gasteiger partial charge in [0.05, 0.1) is 6.42 Å². The molecule has 3 heterocycles. The van der Waals surface area contributed by atoms with Crippen molar-refractivity contribution in [2.75, 3.05) is 13.1 Å². The van der Waals surface area contributed by atoms with Crippen LogP contribution in [0.5, 0.6) is 0 Å². The number of rotatable bonds is 3. The van der Waals surface area contributed by atoms with E-state index in [-0.39, 0.29) is 0 Å². The maximum atomic E-state index is 10.5. The molecule has 3 rings (SSSR count). The van der Waals surface area contributed by atoms with Gasteiger partial charge in [-0.3, -0.25) is 0 Å². The van der Waals surface area contributed by atoms with Crippen molar-refractivity contribution in [3.8, 4) is 0 Å². The molecule has 0 atom stereocenters. The fourth-order valence-electron chi connectivity index (χ4n) is 2.19. The van der Waals surface area contributed by atoms with Crippen LogP contribution >= 0.6 is 11.3 Å². The van der Waals surface area contributed by atoms with Gasteiger partial charge >= 0.3 is 0 Å². The first-order chi connectivity index (χ1) is 9.16. The molecule has 6 nitrogen and oxygen atoms in total. The van der Waals surface area contributed by atoms with Crippen LogP contribution in [0.3, 0.4) is 0 Å². The molecule has 0 aromatic carbocycles. The molecule has 0 unspecified atom stereocenters. The van der Waals surface area contributed by atoms with Gasteiger partial charge in [0.15, 0.2) is 5.82 Å². The van der Waals surface area contributed by atoms with Crippen molar-refractivity contribution >= 4 is 11.3 Å². The van der Waals surface area contributed by atoms with E-state index in [0.717, 1.165) is 23.8 Å². The van der Waals surface area contributed by atoms with Crippen molar-refractivity contribution < 1.29 is 9.63 Å². The Balaban J connectivity index is 1.75. The number of nitrogens with one attached hydrogen (secondary N) is 1. The Morgan fingerprint density at radius 1 is 1.42 bits per heavy atom. The summed E-state index contributed by atoms with van der Waals surface area (Å²) in [4.78, 5) is 8.69. The number of aromatic nitrogens is 3. The van der Waals surface area contributed by atoms with E-state index in [2.05, 4.69) is 20.4 Å². The molecule has 1 aliphatic heterocycles. The summed E-state index contributed by atoms with van der Waals surface area (Å²) in [5.41, 5.74) is 0.0238. The van der Waals surface area contributed by atoms with Crippen LogP contribution in [0.1, 0.15) is 35.3 Å². The molecular formula is C12H16N4O2S. The maximum Gasteiger partial charge on any atom is 0.258 e. The summed E-state index contributed by atoms with van der Waals surface area (Å²) < 4.78 is 5.22. The minimum Gasteiger partial charge on any atom is -0.380 e. The minimum atomic E-state index is -0.977. The molecule has 0 saturated carbocycles. The summed E-state index contributed by atoms with van der Waals surface area (Å²) in [6.07, 6.45) is 1.76.